The van der Waals surface area contributed by atoms with E-state index in [1.54, 1.807) is 3.58 Å². The third-order valence-electron chi connectivity index (χ3n) is 4.52. The Kier molecular flexibility index (Phi) is 8.99. The fourth-order valence-corrected chi connectivity index (χ4v) is 18.8. The number of nitrogens with zero attached hydrogens (tertiary/aromatic N) is 2. The summed E-state index contributed by atoms with van der Waals surface area (Å²) in [5, 5.41) is 8.96. The Hall–Kier alpha value is -0.561. The van der Waals surface area contributed by atoms with Gasteiger partial charge in [-0.15, -0.1) is 0 Å². The summed E-state index contributed by atoms with van der Waals surface area (Å²) in [5.41, 5.74) is 0.556. The van der Waals surface area contributed by atoms with E-state index in [4.69, 9.17) is 5.26 Å². The summed E-state index contributed by atoms with van der Waals surface area (Å²) in [7, 11) is 0. The molecule has 0 fully saturated rings. The molecule has 0 radical (unpaired) electrons. The SMILES string of the molecule is CCC[CH2][Sn]([CH2]CCC)([CH2]CCC)[c]1ccc(C#N)nc1. The molecular weight excluding hydrogens is 363 g/mol. The summed E-state index contributed by atoms with van der Waals surface area (Å²) in [6, 6.07) is 6.32. The monoisotopic (exact) mass is 394 g/mol. The van der Waals surface area contributed by atoms with Crippen LogP contribution in [0.4, 0.5) is 0 Å². The van der Waals surface area contributed by atoms with Gasteiger partial charge < -0.3 is 0 Å². The number of rotatable bonds is 10. The van der Waals surface area contributed by atoms with Gasteiger partial charge in [0.1, 0.15) is 0 Å². The van der Waals surface area contributed by atoms with Crippen LogP contribution in [-0.4, -0.2) is 23.4 Å². The van der Waals surface area contributed by atoms with Crippen LogP contribution in [0.2, 0.25) is 13.3 Å². The molecule has 0 aliphatic carbocycles. The molecule has 2 nitrogen and oxygen atoms in total. The number of unbranched alkanes of at least 4 members (excludes halogenated alkanes) is 3. The Bertz CT molecular complexity index is 412. The van der Waals surface area contributed by atoms with Crippen LogP contribution in [0.25, 0.3) is 0 Å². The van der Waals surface area contributed by atoms with Crippen molar-refractivity contribution >= 4 is 22.0 Å². The van der Waals surface area contributed by atoms with Gasteiger partial charge in [-0.25, -0.2) is 0 Å². The molecule has 0 spiro atoms. The third kappa shape index (κ3) is 5.62. The van der Waals surface area contributed by atoms with Gasteiger partial charge in [-0.2, -0.15) is 0 Å². The van der Waals surface area contributed by atoms with Gasteiger partial charge in [0.15, 0.2) is 0 Å². The van der Waals surface area contributed by atoms with Crippen molar-refractivity contribution in [3.63, 3.8) is 0 Å². The van der Waals surface area contributed by atoms with Gasteiger partial charge in [0.25, 0.3) is 0 Å². The predicted octanol–water partition coefficient (Wildman–Crippen LogP) is 5.01. The van der Waals surface area contributed by atoms with Crippen molar-refractivity contribution in [2.24, 2.45) is 0 Å². The zero-order chi connectivity index (χ0) is 15.6. The van der Waals surface area contributed by atoms with Gasteiger partial charge in [-0.1, -0.05) is 0 Å². The minimum atomic E-state index is -2.32. The van der Waals surface area contributed by atoms with Gasteiger partial charge >= 0.3 is 135 Å². The molecule has 1 rings (SSSR count). The molecule has 21 heavy (non-hydrogen) atoms. The van der Waals surface area contributed by atoms with Crippen molar-refractivity contribution in [1.82, 2.24) is 4.98 Å². The Morgan fingerprint density at radius 1 is 0.952 bits per heavy atom. The van der Waals surface area contributed by atoms with Crippen LogP contribution in [0.15, 0.2) is 18.3 Å². The predicted molar refractivity (Wildman–Crippen MR) is 93.5 cm³/mol. The first-order valence-electron chi connectivity index (χ1n) is 8.59. The molecule has 1 heterocycles. The molecule has 1 aromatic rings. The Balaban J connectivity index is 3.06. The van der Waals surface area contributed by atoms with Crippen molar-refractivity contribution in [1.29, 1.82) is 5.26 Å². The van der Waals surface area contributed by atoms with Crippen LogP contribution in [0.1, 0.15) is 65.0 Å². The first kappa shape index (κ1) is 18.5. The molecule has 0 atom stereocenters. The minimum absolute atomic E-state index is 0.556. The molecule has 0 amide bonds. The third-order valence-corrected chi connectivity index (χ3v) is 20.1. The van der Waals surface area contributed by atoms with Crippen molar-refractivity contribution in [2.45, 2.75) is 72.6 Å². The fraction of sp³-hybridized carbons (Fsp3) is 0.667. The molecule has 0 aliphatic heterocycles. The number of nitriles is 1. The van der Waals surface area contributed by atoms with Crippen molar-refractivity contribution in [3.8, 4) is 6.07 Å². The van der Waals surface area contributed by atoms with Gasteiger partial charge in [-0.05, 0) is 0 Å². The van der Waals surface area contributed by atoms with E-state index < -0.39 is 18.4 Å². The van der Waals surface area contributed by atoms with E-state index >= 15 is 0 Å². The molecule has 0 N–H and O–H groups in total. The second kappa shape index (κ2) is 10.2. The van der Waals surface area contributed by atoms with Crippen molar-refractivity contribution < 1.29 is 0 Å². The first-order valence-corrected chi connectivity index (χ1v) is 16.1. The standard InChI is InChI=1S/C6H3N2.3C4H9.Sn/c7-5-6-3-1-2-4-8-6;3*1-3-4-2;/h1,3-4H;3*1,3-4H2,2H3;. The summed E-state index contributed by atoms with van der Waals surface area (Å²) in [6.07, 6.45) is 10.0. The van der Waals surface area contributed by atoms with Gasteiger partial charge in [0.05, 0.1) is 0 Å². The quantitative estimate of drug-likeness (QED) is 0.524. The molecule has 1 aromatic heterocycles. The summed E-state index contributed by atoms with van der Waals surface area (Å²) in [4.78, 5) is 4.38. The molecule has 0 saturated carbocycles. The second-order valence-electron chi connectivity index (χ2n) is 6.13. The number of pyridine rings is 1. The molecule has 0 saturated heterocycles. The van der Waals surface area contributed by atoms with Gasteiger partial charge in [0, 0.05) is 0 Å². The van der Waals surface area contributed by atoms with Crippen LogP contribution >= 0.6 is 0 Å². The van der Waals surface area contributed by atoms with E-state index in [-0.39, 0.29) is 0 Å². The molecule has 0 aliphatic rings. The number of aromatic nitrogens is 1. The zero-order valence-corrected chi connectivity index (χ0v) is 16.8. The zero-order valence-electron chi connectivity index (χ0n) is 14.0. The van der Waals surface area contributed by atoms with Gasteiger partial charge in [0.2, 0.25) is 0 Å². The molecular formula is C18H30N2Sn. The van der Waals surface area contributed by atoms with E-state index in [0.717, 1.165) is 0 Å². The second-order valence-corrected chi connectivity index (χ2v) is 19.4. The Morgan fingerprint density at radius 2 is 1.48 bits per heavy atom. The number of hydrogen-bond acceptors (Lipinski definition) is 2. The Morgan fingerprint density at radius 3 is 1.81 bits per heavy atom. The average Bonchev–Trinajstić information content (AvgIpc) is 2.55. The van der Waals surface area contributed by atoms with E-state index in [1.165, 1.54) is 51.8 Å². The van der Waals surface area contributed by atoms with Crippen molar-refractivity contribution in [3.05, 3.63) is 24.0 Å². The van der Waals surface area contributed by atoms with Crippen LogP contribution in [-0.2, 0) is 0 Å². The fourth-order valence-electron chi connectivity index (χ4n) is 3.13. The maximum absolute atomic E-state index is 8.96. The summed E-state index contributed by atoms with van der Waals surface area (Å²) < 4.78 is 5.93. The van der Waals surface area contributed by atoms with Gasteiger partial charge in [-0.3, -0.25) is 0 Å². The van der Waals surface area contributed by atoms with Crippen LogP contribution in [0.3, 0.4) is 0 Å². The van der Waals surface area contributed by atoms with Crippen LogP contribution < -0.4 is 3.58 Å². The van der Waals surface area contributed by atoms with E-state index in [1.807, 2.05) is 6.07 Å². The molecule has 0 unspecified atom stereocenters. The summed E-state index contributed by atoms with van der Waals surface area (Å²) in [6.45, 7) is 6.90. The summed E-state index contributed by atoms with van der Waals surface area (Å²) >= 11 is -2.32. The topological polar surface area (TPSA) is 36.7 Å². The Labute approximate surface area is 134 Å². The van der Waals surface area contributed by atoms with Crippen LogP contribution in [0.5, 0.6) is 0 Å². The van der Waals surface area contributed by atoms with E-state index in [0.29, 0.717) is 5.69 Å². The normalized spacial score (nSPS) is 11.3. The van der Waals surface area contributed by atoms with Crippen LogP contribution in [0, 0.1) is 11.3 Å². The summed E-state index contributed by atoms with van der Waals surface area (Å²) in [5.74, 6) is 0. The molecule has 0 aromatic carbocycles. The molecule has 116 valence electrons. The maximum atomic E-state index is 8.96. The van der Waals surface area contributed by atoms with E-state index in [2.05, 4.69) is 44.1 Å². The molecule has 0 bridgehead atoms. The first-order chi connectivity index (χ1) is 10.2. The van der Waals surface area contributed by atoms with Crippen molar-refractivity contribution in [2.75, 3.05) is 0 Å². The molecule has 3 heteroatoms. The average molecular weight is 393 g/mol. The number of hydrogen-bond donors (Lipinski definition) is 0. The van der Waals surface area contributed by atoms with E-state index in [9.17, 15) is 0 Å².